The number of methoxy groups -OCH3 is 1. The van der Waals surface area contributed by atoms with Crippen LogP contribution in [0.2, 0.25) is 0 Å². The number of aromatic nitrogens is 1. The summed E-state index contributed by atoms with van der Waals surface area (Å²) in [6.07, 6.45) is 1.59. The molecule has 0 aliphatic carbocycles. The predicted molar refractivity (Wildman–Crippen MR) is 102 cm³/mol. The van der Waals surface area contributed by atoms with Gasteiger partial charge in [-0.3, -0.25) is 4.79 Å². The molecule has 2 N–H and O–H groups in total. The van der Waals surface area contributed by atoms with Crippen molar-refractivity contribution in [2.45, 2.75) is 6.54 Å². The Labute approximate surface area is 164 Å². The average Bonchev–Trinajstić information content (AvgIpc) is 2.59. The number of halogens is 3. The molecule has 0 saturated heterocycles. The Morgan fingerprint density at radius 3 is 2.62 bits per heavy atom. The number of amides is 1. The molecule has 1 amide bonds. The van der Waals surface area contributed by atoms with Gasteiger partial charge >= 0.3 is 0 Å². The highest BCUT2D eigenvalue weighted by Crippen LogP contribution is 2.20. The molecule has 9 heteroatoms. The molecule has 2 rings (SSSR count). The lowest BCUT2D eigenvalue weighted by Gasteiger charge is -2.08. The zero-order valence-electron chi connectivity index (χ0n) is 14.2. The highest BCUT2D eigenvalue weighted by molar-refractivity contribution is 5.85. The first kappa shape index (κ1) is 24.1. The second kappa shape index (κ2) is 13.3. The first-order chi connectivity index (χ1) is 11.7. The molecule has 0 bridgehead atoms. The van der Waals surface area contributed by atoms with Crippen LogP contribution in [0.4, 0.5) is 4.39 Å². The summed E-state index contributed by atoms with van der Waals surface area (Å²) < 4.78 is 23.3. The number of carbonyl (C=O) groups excluding carboxylic acids is 1. The molecule has 6 nitrogen and oxygen atoms in total. The normalized spacial score (nSPS) is 9.62. The Balaban J connectivity index is 0.00000312. The Morgan fingerprint density at radius 2 is 1.92 bits per heavy atom. The fourth-order valence-corrected chi connectivity index (χ4v) is 1.88. The number of hydrogen-bond donors (Lipinski definition) is 2. The molecular formula is C17H22Cl2FN3O3. The van der Waals surface area contributed by atoms with Crippen molar-refractivity contribution < 1.29 is 18.7 Å². The van der Waals surface area contributed by atoms with Crippen LogP contribution in [0.1, 0.15) is 5.56 Å². The lowest BCUT2D eigenvalue weighted by molar-refractivity contribution is -0.120. The molecule has 0 radical (unpaired) electrons. The Kier molecular flexibility index (Phi) is 12.3. The van der Waals surface area contributed by atoms with Crippen molar-refractivity contribution in [3.05, 3.63) is 54.0 Å². The summed E-state index contributed by atoms with van der Waals surface area (Å²) in [4.78, 5) is 15.8. The van der Waals surface area contributed by atoms with Crippen LogP contribution in [-0.2, 0) is 16.1 Å². The molecule has 0 saturated carbocycles. The van der Waals surface area contributed by atoms with Gasteiger partial charge in [0.25, 0.3) is 0 Å². The van der Waals surface area contributed by atoms with E-state index in [1.165, 1.54) is 24.3 Å². The summed E-state index contributed by atoms with van der Waals surface area (Å²) in [5.74, 6) is 0.439. The van der Waals surface area contributed by atoms with Gasteiger partial charge in [-0.05, 0) is 35.9 Å². The molecule has 1 aromatic heterocycles. The van der Waals surface area contributed by atoms with E-state index in [1.54, 1.807) is 25.4 Å². The molecule has 2 aromatic rings. The minimum Gasteiger partial charge on any atom is -0.439 e. The molecule has 0 atom stereocenters. The summed E-state index contributed by atoms with van der Waals surface area (Å²) in [5.41, 5.74) is 0.854. The lowest BCUT2D eigenvalue weighted by Crippen LogP contribution is -2.34. The number of benzene rings is 1. The van der Waals surface area contributed by atoms with Crippen LogP contribution in [0.5, 0.6) is 11.6 Å². The first-order valence-electron chi connectivity index (χ1n) is 7.52. The van der Waals surface area contributed by atoms with Crippen LogP contribution in [-0.4, -0.2) is 37.7 Å². The van der Waals surface area contributed by atoms with Gasteiger partial charge in [-0.1, -0.05) is 0 Å². The first-order valence-corrected chi connectivity index (χ1v) is 7.52. The molecule has 0 spiro atoms. The van der Waals surface area contributed by atoms with E-state index in [-0.39, 0.29) is 43.1 Å². The minimum atomic E-state index is -0.328. The summed E-state index contributed by atoms with van der Waals surface area (Å²) in [6, 6.07) is 9.19. The standard InChI is InChI=1S/C17H20FN3O3.2ClH/c1-23-9-8-19-12-16(22)21-11-13-6-7-20-17(10-13)24-15-4-2-14(18)3-5-15;;/h2-7,10,19H,8-9,11-12H2,1H3,(H,21,22);2*1H. The highest BCUT2D eigenvalue weighted by Gasteiger charge is 2.04. The lowest BCUT2D eigenvalue weighted by atomic mass is 10.2. The van der Waals surface area contributed by atoms with Gasteiger partial charge in [-0.15, -0.1) is 24.8 Å². The van der Waals surface area contributed by atoms with Gasteiger partial charge in [0, 0.05) is 32.5 Å². The monoisotopic (exact) mass is 405 g/mol. The van der Waals surface area contributed by atoms with Crippen molar-refractivity contribution in [3.8, 4) is 11.6 Å². The van der Waals surface area contributed by atoms with Crippen molar-refractivity contribution in [2.75, 3.05) is 26.8 Å². The minimum absolute atomic E-state index is 0. The molecule has 144 valence electrons. The van der Waals surface area contributed by atoms with E-state index in [0.29, 0.717) is 31.3 Å². The van der Waals surface area contributed by atoms with E-state index in [1.807, 2.05) is 0 Å². The van der Waals surface area contributed by atoms with E-state index in [0.717, 1.165) is 5.56 Å². The Bertz CT molecular complexity index is 660. The van der Waals surface area contributed by atoms with E-state index < -0.39 is 0 Å². The van der Waals surface area contributed by atoms with Crippen LogP contribution in [0.25, 0.3) is 0 Å². The largest absolute Gasteiger partial charge is 0.439 e. The van der Waals surface area contributed by atoms with Gasteiger partial charge in [0.05, 0.1) is 13.2 Å². The summed E-state index contributed by atoms with van der Waals surface area (Å²) in [5, 5.41) is 5.77. The molecule has 26 heavy (non-hydrogen) atoms. The third-order valence-electron chi connectivity index (χ3n) is 3.09. The van der Waals surface area contributed by atoms with E-state index in [2.05, 4.69) is 15.6 Å². The molecule has 0 aliphatic heterocycles. The molecule has 0 fully saturated rings. The third kappa shape index (κ3) is 8.96. The second-order valence-electron chi connectivity index (χ2n) is 5.00. The van der Waals surface area contributed by atoms with Crippen LogP contribution in [0.3, 0.4) is 0 Å². The van der Waals surface area contributed by atoms with E-state index in [4.69, 9.17) is 9.47 Å². The van der Waals surface area contributed by atoms with Gasteiger partial charge in [0.2, 0.25) is 11.8 Å². The fourth-order valence-electron chi connectivity index (χ4n) is 1.88. The zero-order valence-corrected chi connectivity index (χ0v) is 15.9. The highest BCUT2D eigenvalue weighted by atomic mass is 35.5. The van der Waals surface area contributed by atoms with Crippen LogP contribution >= 0.6 is 24.8 Å². The van der Waals surface area contributed by atoms with Gasteiger partial charge in [0.1, 0.15) is 11.6 Å². The van der Waals surface area contributed by atoms with Gasteiger partial charge in [-0.2, -0.15) is 0 Å². The van der Waals surface area contributed by atoms with E-state index >= 15 is 0 Å². The van der Waals surface area contributed by atoms with E-state index in [9.17, 15) is 9.18 Å². The molecule has 1 heterocycles. The molecular weight excluding hydrogens is 384 g/mol. The van der Waals surface area contributed by atoms with Crippen molar-refractivity contribution >= 4 is 30.7 Å². The predicted octanol–water partition coefficient (Wildman–Crippen LogP) is 2.71. The number of hydrogen-bond acceptors (Lipinski definition) is 5. The number of nitrogens with one attached hydrogen (secondary N) is 2. The van der Waals surface area contributed by atoms with Crippen molar-refractivity contribution in [3.63, 3.8) is 0 Å². The average molecular weight is 406 g/mol. The summed E-state index contributed by atoms with van der Waals surface area (Å²) in [6.45, 7) is 1.77. The number of ether oxygens (including phenoxy) is 2. The van der Waals surface area contributed by atoms with Crippen LogP contribution in [0.15, 0.2) is 42.6 Å². The SMILES string of the molecule is COCCNCC(=O)NCc1ccnc(Oc2ccc(F)cc2)c1.Cl.Cl. The van der Waals surface area contributed by atoms with Crippen molar-refractivity contribution in [1.82, 2.24) is 15.6 Å². The maximum absolute atomic E-state index is 12.9. The molecule has 0 aliphatic rings. The third-order valence-corrected chi connectivity index (χ3v) is 3.09. The van der Waals surface area contributed by atoms with Crippen LogP contribution < -0.4 is 15.4 Å². The number of carbonyl (C=O) groups is 1. The number of pyridine rings is 1. The quantitative estimate of drug-likeness (QED) is 0.627. The zero-order chi connectivity index (χ0) is 17.2. The maximum atomic E-state index is 12.9. The second-order valence-corrected chi connectivity index (χ2v) is 5.00. The van der Waals surface area contributed by atoms with Gasteiger partial charge < -0.3 is 20.1 Å². The topological polar surface area (TPSA) is 72.5 Å². The summed E-state index contributed by atoms with van der Waals surface area (Å²) >= 11 is 0. The molecule has 0 unspecified atom stereocenters. The van der Waals surface area contributed by atoms with Gasteiger partial charge in [0.15, 0.2) is 0 Å². The molecule has 1 aromatic carbocycles. The number of nitrogens with zero attached hydrogens (tertiary/aromatic N) is 1. The van der Waals surface area contributed by atoms with Crippen molar-refractivity contribution in [2.24, 2.45) is 0 Å². The Morgan fingerprint density at radius 1 is 1.19 bits per heavy atom. The van der Waals surface area contributed by atoms with Crippen LogP contribution in [0, 0.1) is 5.82 Å². The fraction of sp³-hybridized carbons (Fsp3) is 0.294. The van der Waals surface area contributed by atoms with Gasteiger partial charge in [-0.25, -0.2) is 9.37 Å². The van der Waals surface area contributed by atoms with Crippen molar-refractivity contribution in [1.29, 1.82) is 0 Å². The maximum Gasteiger partial charge on any atom is 0.234 e. The Hall–Kier alpha value is -1.93. The smallest absolute Gasteiger partial charge is 0.234 e. The number of rotatable bonds is 9. The summed E-state index contributed by atoms with van der Waals surface area (Å²) in [7, 11) is 1.61.